The first-order valence-corrected chi connectivity index (χ1v) is 8.92. The minimum absolute atomic E-state index is 0.0596. The molecule has 1 aromatic carbocycles. The third kappa shape index (κ3) is 3.78. The predicted octanol–water partition coefficient (Wildman–Crippen LogP) is 2.29. The zero-order valence-corrected chi connectivity index (χ0v) is 14.3. The SMILES string of the molecule is C[C@H](NC(=O)CN1CCC[C@@H]1C(=O)O)c1ccc2c(c1)CCCC2. The summed E-state index contributed by atoms with van der Waals surface area (Å²) < 4.78 is 0. The maximum Gasteiger partial charge on any atom is 0.320 e. The molecule has 3 rings (SSSR count). The third-order valence-corrected chi connectivity index (χ3v) is 5.25. The molecule has 2 N–H and O–H groups in total. The van der Waals surface area contributed by atoms with Crippen molar-refractivity contribution in [1.29, 1.82) is 0 Å². The second kappa shape index (κ2) is 7.34. The molecule has 0 radical (unpaired) electrons. The Bertz CT molecular complexity index is 629. The number of carboxylic acids is 1. The summed E-state index contributed by atoms with van der Waals surface area (Å²) in [5.41, 5.74) is 3.97. The highest BCUT2D eigenvalue weighted by atomic mass is 16.4. The molecule has 24 heavy (non-hydrogen) atoms. The van der Waals surface area contributed by atoms with Crippen molar-refractivity contribution in [3.8, 4) is 0 Å². The summed E-state index contributed by atoms with van der Waals surface area (Å²) in [4.78, 5) is 25.3. The Balaban J connectivity index is 1.59. The molecule has 2 aliphatic rings. The van der Waals surface area contributed by atoms with Gasteiger partial charge < -0.3 is 10.4 Å². The topological polar surface area (TPSA) is 69.6 Å². The molecule has 1 amide bonds. The number of benzene rings is 1. The van der Waals surface area contributed by atoms with E-state index in [1.54, 1.807) is 4.90 Å². The van der Waals surface area contributed by atoms with E-state index in [0.717, 1.165) is 24.8 Å². The van der Waals surface area contributed by atoms with Crippen LogP contribution in [0.2, 0.25) is 0 Å². The fourth-order valence-electron chi connectivity index (χ4n) is 3.87. The van der Waals surface area contributed by atoms with Crippen LogP contribution in [0.5, 0.6) is 0 Å². The molecule has 0 spiro atoms. The van der Waals surface area contributed by atoms with E-state index in [0.29, 0.717) is 13.0 Å². The van der Waals surface area contributed by atoms with Crippen LogP contribution in [0.4, 0.5) is 0 Å². The van der Waals surface area contributed by atoms with Gasteiger partial charge in [0.2, 0.25) is 5.91 Å². The zero-order chi connectivity index (χ0) is 17.1. The highest BCUT2D eigenvalue weighted by Crippen LogP contribution is 2.25. The van der Waals surface area contributed by atoms with Gasteiger partial charge in [0.15, 0.2) is 0 Å². The first-order chi connectivity index (χ1) is 11.5. The molecule has 5 heteroatoms. The summed E-state index contributed by atoms with van der Waals surface area (Å²) in [6, 6.07) is 5.93. The lowest BCUT2D eigenvalue weighted by Crippen LogP contribution is -2.43. The predicted molar refractivity (Wildman–Crippen MR) is 91.9 cm³/mol. The molecule has 1 fully saturated rings. The number of hydrogen-bond donors (Lipinski definition) is 2. The first-order valence-electron chi connectivity index (χ1n) is 8.92. The van der Waals surface area contributed by atoms with Gasteiger partial charge in [-0.2, -0.15) is 0 Å². The standard InChI is InChI=1S/C19H26N2O3/c1-13(15-9-8-14-5-2-3-6-16(14)11-15)20-18(22)12-21-10-4-7-17(21)19(23)24/h8-9,11,13,17H,2-7,10,12H2,1H3,(H,20,22)(H,23,24)/t13-,17+/m0/s1. The molecule has 1 aromatic rings. The van der Waals surface area contributed by atoms with Gasteiger partial charge in [0.05, 0.1) is 12.6 Å². The molecule has 2 atom stereocenters. The number of fused-ring (bicyclic) bond motifs is 1. The lowest BCUT2D eigenvalue weighted by Gasteiger charge is -2.23. The van der Waals surface area contributed by atoms with E-state index in [1.807, 2.05) is 6.92 Å². The number of nitrogens with zero attached hydrogens (tertiary/aromatic N) is 1. The van der Waals surface area contributed by atoms with E-state index in [9.17, 15) is 14.7 Å². The Morgan fingerprint density at radius 3 is 2.75 bits per heavy atom. The van der Waals surface area contributed by atoms with Gasteiger partial charge in [0.25, 0.3) is 0 Å². The summed E-state index contributed by atoms with van der Waals surface area (Å²) >= 11 is 0. The number of carboxylic acid groups (broad SMARTS) is 1. The molecule has 130 valence electrons. The number of hydrogen-bond acceptors (Lipinski definition) is 3. The van der Waals surface area contributed by atoms with Crippen LogP contribution in [-0.2, 0) is 22.4 Å². The van der Waals surface area contributed by atoms with Crippen molar-refractivity contribution < 1.29 is 14.7 Å². The molecular formula is C19H26N2O3. The Morgan fingerprint density at radius 1 is 1.25 bits per heavy atom. The van der Waals surface area contributed by atoms with Crippen LogP contribution in [0.1, 0.15) is 55.3 Å². The lowest BCUT2D eigenvalue weighted by molar-refractivity contribution is -0.142. The van der Waals surface area contributed by atoms with Crippen molar-refractivity contribution in [3.05, 3.63) is 34.9 Å². The van der Waals surface area contributed by atoms with Gasteiger partial charge in [0, 0.05) is 0 Å². The number of likely N-dealkylation sites (tertiary alicyclic amines) is 1. The highest BCUT2D eigenvalue weighted by Gasteiger charge is 2.31. The fraction of sp³-hybridized carbons (Fsp3) is 0.579. The summed E-state index contributed by atoms with van der Waals surface area (Å²) in [5, 5.41) is 12.2. The van der Waals surface area contributed by atoms with Gasteiger partial charge in [-0.3, -0.25) is 14.5 Å². The lowest BCUT2D eigenvalue weighted by atomic mass is 9.89. The second-order valence-corrected chi connectivity index (χ2v) is 6.99. The first kappa shape index (κ1) is 17.0. The maximum absolute atomic E-state index is 12.3. The Labute approximate surface area is 143 Å². The van der Waals surface area contributed by atoms with Crippen LogP contribution < -0.4 is 5.32 Å². The minimum Gasteiger partial charge on any atom is -0.480 e. The van der Waals surface area contributed by atoms with E-state index in [4.69, 9.17) is 0 Å². The average molecular weight is 330 g/mol. The molecule has 0 aromatic heterocycles. The monoisotopic (exact) mass is 330 g/mol. The van der Waals surface area contributed by atoms with Crippen molar-refractivity contribution in [3.63, 3.8) is 0 Å². The van der Waals surface area contributed by atoms with Crippen LogP contribution in [0.3, 0.4) is 0 Å². The molecule has 1 saturated heterocycles. The molecule has 0 saturated carbocycles. The molecule has 1 aliphatic heterocycles. The Hall–Kier alpha value is -1.88. The van der Waals surface area contributed by atoms with Crippen LogP contribution in [0.25, 0.3) is 0 Å². The van der Waals surface area contributed by atoms with Crippen LogP contribution >= 0.6 is 0 Å². The Kier molecular flexibility index (Phi) is 5.19. The van der Waals surface area contributed by atoms with Gasteiger partial charge in [-0.25, -0.2) is 0 Å². The van der Waals surface area contributed by atoms with Crippen molar-refractivity contribution in [2.45, 2.75) is 57.5 Å². The molecule has 5 nitrogen and oxygen atoms in total. The van der Waals surface area contributed by atoms with Crippen LogP contribution in [-0.4, -0.2) is 41.0 Å². The van der Waals surface area contributed by atoms with Gasteiger partial charge in [0.1, 0.15) is 6.04 Å². The molecule has 1 aliphatic carbocycles. The normalized spacial score (nSPS) is 22.0. The number of carbonyl (C=O) groups is 2. The van der Waals surface area contributed by atoms with Crippen LogP contribution in [0.15, 0.2) is 18.2 Å². The molecular weight excluding hydrogens is 304 g/mol. The van der Waals surface area contributed by atoms with E-state index in [1.165, 1.54) is 24.0 Å². The van der Waals surface area contributed by atoms with Crippen molar-refractivity contribution in [1.82, 2.24) is 10.2 Å². The van der Waals surface area contributed by atoms with Crippen molar-refractivity contribution >= 4 is 11.9 Å². The third-order valence-electron chi connectivity index (χ3n) is 5.25. The summed E-state index contributed by atoms with van der Waals surface area (Å²) in [5.74, 6) is -0.934. The van der Waals surface area contributed by atoms with Crippen molar-refractivity contribution in [2.75, 3.05) is 13.1 Å². The van der Waals surface area contributed by atoms with E-state index in [2.05, 4.69) is 23.5 Å². The molecule has 0 unspecified atom stereocenters. The van der Waals surface area contributed by atoms with Gasteiger partial charge in [-0.15, -0.1) is 0 Å². The Morgan fingerprint density at radius 2 is 2.00 bits per heavy atom. The van der Waals surface area contributed by atoms with E-state index >= 15 is 0 Å². The smallest absolute Gasteiger partial charge is 0.320 e. The van der Waals surface area contributed by atoms with Crippen molar-refractivity contribution in [2.24, 2.45) is 0 Å². The number of nitrogens with one attached hydrogen (secondary N) is 1. The maximum atomic E-state index is 12.3. The number of carbonyl (C=O) groups excluding carboxylic acids is 1. The van der Waals surface area contributed by atoms with Gasteiger partial charge in [-0.1, -0.05) is 18.2 Å². The summed E-state index contributed by atoms with van der Waals surface area (Å²) in [6.45, 7) is 2.82. The fourth-order valence-corrected chi connectivity index (χ4v) is 3.87. The van der Waals surface area contributed by atoms with Gasteiger partial charge in [-0.05, 0) is 68.7 Å². The average Bonchev–Trinajstić information content (AvgIpc) is 3.02. The van der Waals surface area contributed by atoms with E-state index in [-0.39, 0.29) is 18.5 Å². The number of aliphatic carboxylic acids is 1. The molecule has 0 bridgehead atoms. The summed E-state index contributed by atoms with van der Waals surface area (Å²) in [7, 11) is 0. The van der Waals surface area contributed by atoms with E-state index < -0.39 is 12.0 Å². The minimum atomic E-state index is -0.831. The number of aryl methyl sites for hydroxylation is 2. The second-order valence-electron chi connectivity index (χ2n) is 6.99. The highest BCUT2D eigenvalue weighted by molar-refractivity contribution is 5.80. The summed E-state index contributed by atoms with van der Waals surface area (Å²) in [6.07, 6.45) is 6.25. The number of amides is 1. The van der Waals surface area contributed by atoms with Crippen LogP contribution in [0, 0.1) is 0 Å². The van der Waals surface area contributed by atoms with Gasteiger partial charge >= 0.3 is 5.97 Å². The quantitative estimate of drug-likeness (QED) is 0.869. The zero-order valence-electron chi connectivity index (χ0n) is 14.3. The largest absolute Gasteiger partial charge is 0.480 e. The number of rotatable bonds is 5. The molecule has 1 heterocycles.